The van der Waals surface area contributed by atoms with Crippen LogP contribution in [0.4, 0.5) is 0 Å². The van der Waals surface area contributed by atoms with E-state index >= 15 is 0 Å². The first-order valence-electron chi connectivity index (χ1n) is 7.01. The molecule has 1 aromatic rings. The summed E-state index contributed by atoms with van der Waals surface area (Å²) in [6.45, 7) is 7.67. The van der Waals surface area contributed by atoms with Crippen molar-refractivity contribution in [1.29, 1.82) is 0 Å². The fraction of sp³-hybridized carbons (Fsp3) is 0.786. The Balaban J connectivity index is 1.79. The predicted octanol–water partition coefficient (Wildman–Crippen LogP) is 2.96. The lowest BCUT2D eigenvalue weighted by Crippen LogP contribution is -2.39. The molecule has 1 heterocycles. The normalized spacial score (nSPS) is 18.0. The lowest BCUT2D eigenvalue weighted by atomic mass is 9.67. The van der Waals surface area contributed by atoms with Crippen LogP contribution in [-0.4, -0.2) is 16.3 Å². The molecule has 2 rings (SSSR count). The molecule has 1 aromatic heterocycles. The van der Waals surface area contributed by atoms with E-state index in [0.29, 0.717) is 5.41 Å². The molecule has 0 atom stereocenters. The second kappa shape index (κ2) is 5.67. The summed E-state index contributed by atoms with van der Waals surface area (Å²) >= 11 is 0. The van der Waals surface area contributed by atoms with Crippen LogP contribution >= 0.6 is 0 Å². The zero-order valence-electron chi connectivity index (χ0n) is 11.2. The Morgan fingerprint density at radius 3 is 2.82 bits per heavy atom. The molecule has 17 heavy (non-hydrogen) atoms. The molecule has 0 unspecified atom stereocenters. The van der Waals surface area contributed by atoms with Crippen molar-refractivity contribution in [2.45, 2.75) is 59.0 Å². The molecule has 1 aliphatic carbocycles. The highest BCUT2D eigenvalue weighted by molar-refractivity contribution is 5.00. The van der Waals surface area contributed by atoms with Crippen molar-refractivity contribution in [1.82, 2.24) is 15.1 Å². The van der Waals surface area contributed by atoms with Crippen LogP contribution in [0.5, 0.6) is 0 Å². The Hall–Kier alpha value is -0.830. The molecule has 1 aliphatic rings. The van der Waals surface area contributed by atoms with Gasteiger partial charge in [-0.05, 0) is 37.2 Å². The maximum atomic E-state index is 4.35. The summed E-state index contributed by atoms with van der Waals surface area (Å²) in [6, 6.07) is 2.13. The number of hydrogen-bond acceptors (Lipinski definition) is 2. The van der Waals surface area contributed by atoms with E-state index in [1.165, 1.54) is 37.9 Å². The highest BCUT2D eigenvalue weighted by Crippen LogP contribution is 2.43. The smallest absolute Gasteiger partial charge is 0.0522 e. The lowest BCUT2D eigenvalue weighted by Gasteiger charge is -2.41. The minimum Gasteiger partial charge on any atom is -0.311 e. The first-order chi connectivity index (χ1) is 8.29. The van der Waals surface area contributed by atoms with Crippen LogP contribution in [0.25, 0.3) is 0 Å². The van der Waals surface area contributed by atoms with E-state index < -0.39 is 0 Å². The monoisotopic (exact) mass is 235 g/mol. The average molecular weight is 235 g/mol. The Morgan fingerprint density at radius 1 is 1.41 bits per heavy atom. The third-order valence-corrected chi connectivity index (χ3v) is 4.21. The van der Waals surface area contributed by atoms with Crippen LogP contribution < -0.4 is 5.32 Å². The van der Waals surface area contributed by atoms with Gasteiger partial charge in [-0.15, -0.1) is 0 Å². The van der Waals surface area contributed by atoms with E-state index in [9.17, 15) is 0 Å². The Kier molecular flexibility index (Phi) is 4.21. The first-order valence-corrected chi connectivity index (χ1v) is 7.01. The quantitative estimate of drug-likeness (QED) is 0.787. The number of hydrogen-bond donors (Lipinski definition) is 1. The lowest BCUT2D eigenvalue weighted by molar-refractivity contribution is 0.123. The fourth-order valence-corrected chi connectivity index (χ4v) is 2.71. The molecule has 0 saturated heterocycles. The van der Waals surface area contributed by atoms with Gasteiger partial charge in [0.25, 0.3) is 0 Å². The zero-order chi connectivity index (χ0) is 12.1. The number of nitrogens with zero attached hydrogens (tertiary/aromatic N) is 2. The van der Waals surface area contributed by atoms with Gasteiger partial charge in [0.15, 0.2) is 0 Å². The summed E-state index contributed by atoms with van der Waals surface area (Å²) < 4.78 is 2.12. The molecule has 1 N–H and O–H groups in total. The molecule has 0 aromatic carbocycles. The molecule has 3 heteroatoms. The molecule has 0 radical (unpaired) electrons. The van der Waals surface area contributed by atoms with Gasteiger partial charge in [-0.2, -0.15) is 5.10 Å². The van der Waals surface area contributed by atoms with Crippen LogP contribution in [0.2, 0.25) is 0 Å². The largest absolute Gasteiger partial charge is 0.311 e. The van der Waals surface area contributed by atoms with Crippen molar-refractivity contribution in [3.8, 4) is 0 Å². The van der Waals surface area contributed by atoms with Gasteiger partial charge < -0.3 is 5.32 Å². The summed E-state index contributed by atoms with van der Waals surface area (Å²) in [5, 5.41) is 7.97. The summed E-state index contributed by atoms with van der Waals surface area (Å²) in [5.41, 5.74) is 1.92. The van der Waals surface area contributed by atoms with Gasteiger partial charge in [0.2, 0.25) is 0 Å². The minimum atomic E-state index is 0.607. The highest BCUT2D eigenvalue weighted by atomic mass is 15.3. The van der Waals surface area contributed by atoms with E-state index in [1.807, 2.05) is 6.20 Å². The number of nitrogens with one attached hydrogen (secondary N) is 1. The summed E-state index contributed by atoms with van der Waals surface area (Å²) in [7, 11) is 0. The summed E-state index contributed by atoms with van der Waals surface area (Å²) in [4.78, 5) is 0. The van der Waals surface area contributed by atoms with Gasteiger partial charge in [0, 0.05) is 25.8 Å². The van der Waals surface area contributed by atoms with Crippen LogP contribution in [0.15, 0.2) is 12.3 Å². The van der Waals surface area contributed by atoms with Crippen molar-refractivity contribution in [3.05, 3.63) is 18.0 Å². The molecule has 96 valence electrons. The summed E-state index contributed by atoms with van der Waals surface area (Å²) in [6.07, 6.45) is 8.60. The number of aryl methyl sites for hydroxylation is 1. The van der Waals surface area contributed by atoms with E-state index in [2.05, 4.69) is 35.0 Å². The van der Waals surface area contributed by atoms with Crippen molar-refractivity contribution in [2.24, 2.45) is 5.41 Å². The molecule has 0 bridgehead atoms. The van der Waals surface area contributed by atoms with Crippen LogP contribution in [0, 0.1) is 5.41 Å². The van der Waals surface area contributed by atoms with E-state index in [1.54, 1.807) is 0 Å². The van der Waals surface area contributed by atoms with Crippen molar-refractivity contribution in [3.63, 3.8) is 0 Å². The van der Waals surface area contributed by atoms with E-state index in [4.69, 9.17) is 0 Å². The van der Waals surface area contributed by atoms with Gasteiger partial charge in [-0.3, -0.25) is 4.68 Å². The van der Waals surface area contributed by atoms with Gasteiger partial charge in [-0.1, -0.05) is 20.3 Å². The van der Waals surface area contributed by atoms with Crippen molar-refractivity contribution >= 4 is 0 Å². The van der Waals surface area contributed by atoms with Gasteiger partial charge in [-0.25, -0.2) is 0 Å². The Labute approximate surface area is 105 Å². The third-order valence-electron chi connectivity index (χ3n) is 4.21. The topological polar surface area (TPSA) is 29.9 Å². The van der Waals surface area contributed by atoms with E-state index in [-0.39, 0.29) is 0 Å². The SMILES string of the molecule is CCCn1nccc1CNCC1(CC)CCC1. The number of aromatic nitrogens is 2. The zero-order valence-corrected chi connectivity index (χ0v) is 11.2. The molecular formula is C14H25N3. The average Bonchev–Trinajstić information content (AvgIpc) is 2.71. The highest BCUT2D eigenvalue weighted by Gasteiger charge is 2.34. The summed E-state index contributed by atoms with van der Waals surface area (Å²) in [5.74, 6) is 0. The van der Waals surface area contributed by atoms with E-state index in [0.717, 1.165) is 19.5 Å². The van der Waals surface area contributed by atoms with Crippen molar-refractivity contribution in [2.75, 3.05) is 6.54 Å². The maximum Gasteiger partial charge on any atom is 0.0522 e. The van der Waals surface area contributed by atoms with Crippen LogP contribution in [0.3, 0.4) is 0 Å². The second-order valence-corrected chi connectivity index (χ2v) is 5.36. The standard InChI is InChI=1S/C14H25N3/c1-3-10-17-13(6-9-16-17)11-15-12-14(4-2)7-5-8-14/h6,9,15H,3-5,7-8,10-12H2,1-2H3. The third kappa shape index (κ3) is 2.89. The molecule has 0 amide bonds. The van der Waals surface area contributed by atoms with Gasteiger partial charge >= 0.3 is 0 Å². The molecule has 0 spiro atoms. The molecule has 3 nitrogen and oxygen atoms in total. The minimum absolute atomic E-state index is 0.607. The maximum absolute atomic E-state index is 4.35. The molecule has 0 aliphatic heterocycles. The molecule has 1 saturated carbocycles. The Bertz CT molecular complexity index is 333. The molecule has 1 fully saturated rings. The van der Waals surface area contributed by atoms with Gasteiger partial charge in [0.05, 0.1) is 5.69 Å². The molecular weight excluding hydrogens is 210 g/mol. The van der Waals surface area contributed by atoms with Crippen LogP contribution in [0.1, 0.15) is 51.6 Å². The number of rotatable bonds is 7. The second-order valence-electron chi connectivity index (χ2n) is 5.36. The Morgan fingerprint density at radius 2 is 2.24 bits per heavy atom. The first kappa shape index (κ1) is 12.6. The van der Waals surface area contributed by atoms with Crippen LogP contribution in [-0.2, 0) is 13.1 Å². The van der Waals surface area contributed by atoms with Crippen molar-refractivity contribution < 1.29 is 0 Å². The fourth-order valence-electron chi connectivity index (χ4n) is 2.71. The van der Waals surface area contributed by atoms with Gasteiger partial charge in [0.1, 0.15) is 0 Å². The predicted molar refractivity (Wildman–Crippen MR) is 70.8 cm³/mol.